The number of hydrogen-bond acceptors (Lipinski definition) is 3. The van der Waals surface area contributed by atoms with Crippen molar-refractivity contribution in [3.8, 4) is 0 Å². The van der Waals surface area contributed by atoms with Gasteiger partial charge in [0.15, 0.2) is 0 Å². The highest BCUT2D eigenvalue weighted by atomic mass is 16.4. The summed E-state index contributed by atoms with van der Waals surface area (Å²) in [7, 11) is 0. The van der Waals surface area contributed by atoms with Gasteiger partial charge < -0.3 is 10.1 Å². The Bertz CT molecular complexity index is 384. The smallest absolute Gasteiger partial charge is 0.228 e. The molecule has 1 aliphatic heterocycles. The molecule has 4 nitrogen and oxygen atoms in total. The molecule has 20 heavy (non-hydrogen) atoms. The number of carbonyl (C=O) groups is 1. The minimum Gasteiger partial charge on any atom is -0.411 e. The van der Waals surface area contributed by atoms with Crippen molar-refractivity contribution in [2.45, 2.75) is 59.3 Å². The second-order valence-corrected chi connectivity index (χ2v) is 7.08. The molecular formula is C16H28N2O2. The second-order valence-electron chi connectivity index (χ2n) is 7.08. The van der Waals surface area contributed by atoms with Crippen molar-refractivity contribution < 1.29 is 10.0 Å². The fourth-order valence-electron chi connectivity index (χ4n) is 4.03. The molecule has 1 aliphatic carbocycles. The molecule has 2 aliphatic rings. The van der Waals surface area contributed by atoms with Crippen molar-refractivity contribution in [3.05, 3.63) is 0 Å². The van der Waals surface area contributed by atoms with E-state index in [0.29, 0.717) is 31.3 Å². The predicted molar refractivity (Wildman–Crippen MR) is 79.9 cm³/mol. The zero-order chi connectivity index (χ0) is 14.8. The van der Waals surface area contributed by atoms with Crippen LogP contribution in [0.25, 0.3) is 0 Å². The van der Waals surface area contributed by atoms with Crippen LogP contribution >= 0.6 is 0 Å². The molecule has 0 aromatic heterocycles. The summed E-state index contributed by atoms with van der Waals surface area (Å²) in [6.07, 6.45) is 6.20. The van der Waals surface area contributed by atoms with E-state index in [0.717, 1.165) is 25.0 Å². The van der Waals surface area contributed by atoms with E-state index in [4.69, 9.17) is 5.21 Å². The first kappa shape index (κ1) is 15.3. The van der Waals surface area contributed by atoms with E-state index < -0.39 is 0 Å². The number of amides is 1. The van der Waals surface area contributed by atoms with Crippen molar-refractivity contribution in [2.24, 2.45) is 22.4 Å². The summed E-state index contributed by atoms with van der Waals surface area (Å²) in [6, 6.07) is 0. The van der Waals surface area contributed by atoms with Gasteiger partial charge in [-0.1, -0.05) is 38.8 Å². The lowest BCUT2D eigenvalue weighted by atomic mass is 9.76. The standard InChI is InChI=1S/C16H28N2O2/c1-12(2)10-16(7-4-5-8-16)15(19)18-9-6-14(17-20)13(3)11-18/h12-13,20H,4-11H2,1-3H3. The SMILES string of the molecule is CC(C)CC1(C(=O)N2CCC(=NO)C(C)C2)CCCC1. The van der Waals surface area contributed by atoms with Gasteiger partial charge in [-0.2, -0.15) is 0 Å². The highest BCUT2D eigenvalue weighted by Gasteiger charge is 2.44. The van der Waals surface area contributed by atoms with Gasteiger partial charge >= 0.3 is 0 Å². The summed E-state index contributed by atoms with van der Waals surface area (Å²) < 4.78 is 0. The topological polar surface area (TPSA) is 52.9 Å². The molecule has 1 saturated carbocycles. The number of hydrogen-bond donors (Lipinski definition) is 1. The van der Waals surface area contributed by atoms with Crippen LogP contribution in [0, 0.1) is 17.3 Å². The van der Waals surface area contributed by atoms with Crippen LogP contribution in [0.15, 0.2) is 5.16 Å². The number of rotatable bonds is 3. The number of nitrogens with zero attached hydrogens (tertiary/aromatic N) is 2. The summed E-state index contributed by atoms with van der Waals surface area (Å²) >= 11 is 0. The maximum Gasteiger partial charge on any atom is 0.228 e. The van der Waals surface area contributed by atoms with Crippen LogP contribution in [-0.4, -0.2) is 34.8 Å². The highest BCUT2D eigenvalue weighted by molar-refractivity contribution is 5.90. The fraction of sp³-hybridized carbons (Fsp3) is 0.875. The van der Waals surface area contributed by atoms with Gasteiger partial charge in [0.2, 0.25) is 5.91 Å². The lowest BCUT2D eigenvalue weighted by Crippen LogP contribution is -2.49. The van der Waals surface area contributed by atoms with Crippen LogP contribution in [-0.2, 0) is 4.79 Å². The molecule has 0 aromatic carbocycles. The summed E-state index contributed by atoms with van der Waals surface area (Å²) in [6.45, 7) is 7.88. The highest BCUT2D eigenvalue weighted by Crippen LogP contribution is 2.45. The molecular weight excluding hydrogens is 252 g/mol. The average Bonchev–Trinajstić information content (AvgIpc) is 2.86. The van der Waals surface area contributed by atoms with E-state index in [9.17, 15) is 4.79 Å². The number of piperidine rings is 1. The fourth-order valence-corrected chi connectivity index (χ4v) is 4.03. The Morgan fingerprint density at radius 3 is 2.60 bits per heavy atom. The van der Waals surface area contributed by atoms with Gasteiger partial charge in [-0.05, 0) is 25.2 Å². The van der Waals surface area contributed by atoms with Crippen LogP contribution in [0.2, 0.25) is 0 Å². The minimum absolute atomic E-state index is 0.109. The third kappa shape index (κ3) is 2.99. The molecule has 1 saturated heterocycles. The van der Waals surface area contributed by atoms with E-state index >= 15 is 0 Å². The summed E-state index contributed by atoms with van der Waals surface area (Å²) in [5.74, 6) is 1.09. The maximum absolute atomic E-state index is 13.0. The normalized spacial score (nSPS) is 28.3. The first-order valence-corrected chi connectivity index (χ1v) is 7.99. The van der Waals surface area contributed by atoms with E-state index in [1.54, 1.807) is 0 Å². The number of oxime groups is 1. The Balaban J connectivity index is 2.09. The Morgan fingerprint density at radius 1 is 1.45 bits per heavy atom. The van der Waals surface area contributed by atoms with Crippen LogP contribution < -0.4 is 0 Å². The Hall–Kier alpha value is -1.06. The summed E-state index contributed by atoms with van der Waals surface area (Å²) in [5.41, 5.74) is 0.722. The van der Waals surface area contributed by atoms with Crippen molar-refractivity contribution in [3.63, 3.8) is 0 Å². The molecule has 1 atom stereocenters. The van der Waals surface area contributed by atoms with Gasteiger partial charge in [0.25, 0.3) is 0 Å². The molecule has 2 fully saturated rings. The molecule has 2 rings (SSSR count). The van der Waals surface area contributed by atoms with E-state index in [-0.39, 0.29) is 11.3 Å². The molecule has 4 heteroatoms. The van der Waals surface area contributed by atoms with Crippen LogP contribution in [0.1, 0.15) is 59.3 Å². The molecule has 1 amide bonds. The lowest BCUT2D eigenvalue weighted by molar-refractivity contribution is -0.143. The van der Waals surface area contributed by atoms with E-state index in [1.807, 2.05) is 11.8 Å². The van der Waals surface area contributed by atoms with Crippen LogP contribution in [0.4, 0.5) is 0 Å². The van der Waals surface area contributed by atoms with E-state index in [1.165, 1.54) is 12.8 Å². The maximum atomic E-state index is 13.0. The Kier molecular flexibility index (Phi) is 4.71. The van der Waals surface area contributed by atoms with Crippen molar-refractivity contribution in [2.75, 3.05) is 13.1 Å². The van der Waals surface area contributed by atoms with E-state index in [2.05, 4.69) is 19.0 Å². The van der Waals surface area contributed by atoms with Gasteiger partial charge in [-0.25, -0.2) is 0 Å². The first-order chi connectivity index (χ1) is 9.48. The van der Waals surface area contributed by atoms with Gasteiger partial charge in [0.05, 0.1) is 5.71 Å². The second kappa shape index (κ2) is 6.15. The number of carbonyl (C=O) groups excluding carboxylic acids is 1. The summed E-state index contributed by atoms with van der Waals surface area (Å²) in [4.78, 5) is 15.0. The quantitative estimate of drug-likeness (QED) is 0.637. The molecule has 0 spiro atoms. The first-order valence-electron chi connectivity index (χ1n) is 7.99. The van der Waals surface area contributed by atoms with Gasteiger partial charge in [-0.3, -0.25) is 4.79 Å². The van der Waals surface area contributed by atoms with Gasteiger partial charge in [-0.15, -0.1) is 0 Å². The van der Waals surface area contributed by atoms with Crippen molar-refractivity contribution in [1.29, 1.82) is 0 Å². The molecule has 0 radical (unpaired) electrons. The van der Waals surface area contributed by atoms with Crippen molar-refractivity contribution >= 4 is 11.6 Å². The van der Waals surface area contributed by atoms with Crippen molar-refractivity contribution in [1.82, 2.24) is 4.90 Å². The third-order valence-corrected chi connectivity index (χ3v) is 4.93. The Morgan fingerprint density at radius 2 is 2.10 bits per heavy atom. The molecule has 1 heterocycles. The van der Waals surface area contributed by atoms with Crippen LogP contribution in [0.5, 0.6) is 0 Å². The Labute approximate surface area is 122 Å². The number of likely N-dealkylation sites (tertiary alicyclic amines) is 1. The monoisotopic (exact) mass is 280 g/mol. The molecule has 1 unspecified atom stereocenters. The minimum atomic E-state index is -0.109. The molecule has 1 N–H and O–H groups in total. The average molecular weight is 280 g/mol. The van der Waals surface area contributed by atoms with Gasteiger partial charge in [0, 0.05) is 30.8 Å². The zero-order valence-electron chi connectivity index (χ0n) is 13.1. The zero-order valence-corrected chi connectivity index (χ0v) is 13.1. The molecule has 0 bridgehead atoms. The molecule has 114 valence electrons. The largest absolute Gasteiger partial charge is 0.411 e. The third-order valence-electron chi connectivity index (χ3n) is 4.93. The van der Waals surface area contributed by atoms with Gasteiger partial charge in [0.1, 0.15) is 0 Å². The lowest BCUT2D eigenvalue weighted by Gasteiger charge is -2.39. The molecule has 0 aromatic rings. The van der Waals surface area contributed by atoms with Crippen LogP contribution in [0.3, 0.4) is 0 Å². The predicted octanol–water partition coefficient (Wildman–Crippen LogP) is 3.29. The summed E-state index contributed by atoms with van der Waals surface area (Å²) in [5, 5.41) is 12.3.